The van der Waals surface area contributed by atoms with E-state index in [1.807, 2.05) is 48.5 Å². The molecule has 3 rings (SSSR count). The minimum atomic E-state index is -0.253. The molecule has 2 aromatic carbocycles. The van der Waals surface area contributed by atoms with Crippen molar-refractivity contribution in [1.82, 2.24) is 14.7 Å². The number of benzene rings is 2. The highest BCUT2D eigenvalue weighted by Crippen LogP contribution is 2.31. The van der Waals surface area contributed by atoms with Crippen LogP contribution in [0.5, 0.6) is 17.2 Å². The topological polar surface area (TPSA) is 65.8 Å². The molecule has 7 nitrogen and oxygen atoms in total. The highest BCUT2D eigenvalue weighted by Gasteiger charge is 2.23. The lowest BCUT2D eigenvalue weighted by molar-refractivity contribution is 0.0774. The molecule has 146 valence electrons. The van der Waals surface area contributed by atoms with Gasteiger partial charge in [0.15, 0.2) is 22.9 Å². The van der Waals surface area contributed by atoms with Crippen molar-refractivity contribution in [3.8, 4) is 22.9 Å². The SMILES string of the molecule is COc1cn(-c2ccccc2)nc1C(=O)N(C)Cc1cccc(OC)c1OC. The number of hydrogen-bond donors (Lipinski definition) is 0. The number of amides is 1. The van der Waals surface area contributed by atoms with Gasteiger partial charge in [0.05, 0.1) is 33.2 Å². The lowest BCUT2D eigenvalue weighted by Crippen LogP contribution is -2.27. The van der Waals surface area contributed by atoms with Gasteiger partial charge in [-0.2, -0.15) is 5.10 Å². The average Bonchev–Trinajstić information content (AvgIpc) is 3.18. The monoisotopic (exact) mass is 381 g/mol. The van der Waals surface area contributed by atoms with Gasteiger partial charge in [0.25, 0.3) is 5.91 Å². The van der Waals surface area contributed by atoms with Crippen molar-refractivity contribution in [2.45, 2.75) is 6.54 Å². The van der Waals surface area contributed by atoms with Gasteiger partial charge in [-0.25, -0.2) is 4.68 Å². The highest BCUT2D eigenvalue weighted by atomic mass is 16.5. The van der Waals surface area contributed by atoms with Crippen LogP contribution in [0.25, 0.3) is 5.69 Å². The Kier molecular flexibility index (Phi) is 5.84. The van der Waals surface area contributed by atoms with Gasteiger partial charge >= 0.3 is 0 Å². The second kappa shape index (κ2) is 8.47. The first kappa shape index (κ1) is 19.3. The van der Waals surface area contributed by atoms with Crippen molar-refractivity contribution in [3.05, 3.63) is 66.0 Å². The Bertz CT molecular complexity index is 954. The standard InChI is InChI=1S/C21H23N3O4/c1-23(13-15-9-8-12-17(26-2)20(15)28-4)21(25)19-18(27-3)14-24(22-19)16-10-6-5-7-11-16/h5-12,14H,13H2,1-4H3. The van der Waals surface area contributed by atoms with Crippen molar-refractivity contribution in [1.29, 1.82) is 0 Å². The fourth-order valence-electron chi connectivity index (χ4n) is 2.95. The third kappa shape index (κ3) is 3.78. The molecule has 0 aliphatic heterocycles. The van der Waals surface area contributed by atoms with Crippen LogP contribution in [-0.4, -0.2) is 49.0 Å². The molecular weight excluding hydrogens is 358 g/mol. The van der Waals surface area contributed by atoms with E-state index in [1.54, 1.807) is 37.0 Å². The van der Waals surface area contributed by atoms with Gasteiger partial charge in [0.1, 0.15) is 0 Å². The van der Waals surface area contributed by atoms with Crippen molar-refractivity contribution in [3.63, 3.8) is 0 Å². The van der Waals surface area contributed by atoms with Crippen LogP contribution in [0.1, 0.15) is 16.1 Å². The van der Waals surface area contributed by atoms with Crippen LogP contribution < -0.4 is 14.2 Å². The van der Waals surface area contributed by atoms with Crippen LogP contribution in [0.2, 0.25) is 0 Å². The van der Waals surface area contributed by atoms with Gasteiger partial charge in [0.2, 0.25) is 0 Å². The summed E-state index contributed by atoms with van der Waals surface area (Å²) in [5.41, 5.74) is 1.92. The van der Waals surface area contributed by atoms with Crippen molar-refractivity contribution >= 4 is 5.91 Å². The Hall–Kier alpha value is -3.48. The summed E-state index contributed by atoms with van der Waals surface area (Å²) in [5, 5.41) is 4.43. The molecule has 0 spiro atoms. The second-order valence-electron chi connectivity index (χ2n) is 6.14. The fraction of sp³-hybridized carbons (Fsp3) is 0.238. The van der Waals surface area contributed by atoms with Crippen molar-refractivity contribution in [2.24, 2.45) is 0 Å². The predicted molar refractivity (Wildman–Crippen MR) is 105 cm³/mol. The van der Waals surface area contributed by atoms with Crippen LogP contribution in [0, 0.1) is 0 Å². The minimum Gasteiger partial charge on any atom is -0.493 e. The summed E-state index contributed by atoms with van der Waals surface area (Å²) in [4.78, 5) is 14.6. The quantitative estimate of drug-likeness (QED) is 0.629. The van der Waals surface area contributed by atoms with E-state index in [9.17, 15) is 4.79 Å². The van der Waals surface area contributed by atoms with Crippen LogP contribution in [0.15, 0.2) is 54.7 Å². The Balaban J connectivity index is 1.87. The maximum atomic E-state index is 13.0. The first-order chi connectivity index (χ1) is 13.6. The van der Waals surface area contributed by atoms with Crippen LogP contribution in [-0.2, 0) is 6.54 Å². The molecule has 3 aromatic rings. The smallest absolute Gasteiger partial charge is 0.278 e. The van der Waals surface area contributed by atoms with Gasteiger partial charge in [-0.15, -0.1) is 0 Å². The molecule has 28 heavy (non-hydrogen) atoms. The lowest BCUT2D eigenvalue weighted by Gasteiger charge is -2.19. The molecule has 1 amide bonds. The molecular formula is C21H23N3O4. The van der Waals surface area contributed by atoms with E-state index in [1.165, 1.54) is 7.11 Å². The van der Waals surface area contributed by atoms with E-state index < -0.39 is 0 Å². The zero-order valence-corrected chi connectivity index (χ0v) is 16.4. The molecule has 0 aliphatic rings. The molecule has 0 radical (unpaired) electrons. The Morgan fingerprint density at radius 3 is 2.32 bits per heavy atom. The van der Waals surface area contributed by atoms with E-state index in [0.717, 1.165) is 11.3 Å². The summed E-state index contributed by atoms with van der Waals surface area (Å²) in [6.45, 7) is 0.334. The highest BCUT2D eigenvalue weighted by molar-refractivity contribution is 5.94. The number of carbonyl (C=O) groups is 1. The largest absolute Gasteiger partial charge is 0.493 e. The zero-order chi connectivity index (χ0) is 20.1. The van der Waals surface area contributed by atoms with E-state index in [-0.39, 0.29) is 11.6 Å². The Morgan fingerprint density at radius 1 is 0.964 bits per heavy atom. The molecule has 0 saturated carbocycles. The van der Waals surface area contributed by atoms with Crippen molar-refractivity contribution in [2.75, 3.05) is 28.4 Å². The van der Waals surface area contributed by atoms with E-state index in [0.29, 0.717) is 23.8 Å². The van der Waals surface area contributed by atoms with Gasteiger partial charge < -0.3 is 19.1 Å². The number of aromatic nitrogens is 2. The number of carbonyl (C=O) groups excluding carboxylic acids is 1. The second-order valence-corrected chi connectivity index (χ2v) is 6.14. The number of rotatable bonds is 7. The first-order valence-corrected chi connectivity index (χ1v) is 8.73. The summed E-state index contributed by atoms with van der Waals surface area (Å²) >= 11 is 0. The first-order valence-electron chi connectivity index (χ1n) is 8.73. The van der Waals surface area contributed by atoms with Gasteiger partial charge in [-0.3, -0.25) is 4.79 Å². The third-order valence-electron chi connectivity index (χ3n) is 4.36. The molecule has 0 bridgehead atoms. The van der Waals surface area contributed by atoms with Gasteiger partial charge in [-0.1, -0.05) is 30.3 Å². The minimum absolute atomic E-state index is 0.246. The lowest BCUT2D eigenvalue weighted by atomic mass is 10.1. The summed E-state index contributed by atoms with van der Waals surface area (Å²) in [6, 6.07) is 15.1. The molecule has 0 unspecified atom stereocenters. The van der Waals surface area contributed by atoms with Gasteiger partial charge in [-0.05, 0) is 18.2 Å². The summed E-state index contributed by atoms with van der Waals surface area (Å²) in [7, 11) is 6.39. The van der Waals surface area contributed by atoms with E-state index in [2.05, 4.69) is 5.10 Å². The number of ether oxygens (including phenoxy) is 3. The zero-order valence-electron chi connectivity index (χ0n) is 16.4. The maximum absolute atomic E-state index is 13.0. The molecule has 0 aliphatic carbocycles. The summed E-state index contributed by atoms with van der Waals surface area (Å²) < 4.78 is 17.8. The summed E-state index contributed by atoms with van der Waals surface area (Å²) in [6.07, 6.45) is 1.70. The van der Waals surface area contributed by atoms with Crippen LogP contribution >= 0.6 is 0 Å². The molecule has 1 aromatic heterocycles. The van der Waals surface area contributed by atoms with Gasteiger partial charge in [0, 0.05) is 19.2 Å². The van der Waals surface area contributed by atoms with E-state index >= 15 is 0 Å². The maximum Gasteiger partial charge on any atom is 0.278 e. The predicted octanol–water partition coefficient (Wildman–Crippen LogP) is 3.17. The molecule has 0 atom stereocenters. The number of methoxy groups -OCH3 is 3. The van der Waals surface area contributed by atoms with Crippen LogP contribution in [0.3, 0.4) is 0 Å². The Labute approximate surface area is 164 Å². The van der Waals surface area contributed by atoms with E-state index in [4.69, 9.17) is 14.2 Å². The molecule has 0 saturated heterocycles. The van der Waals surface area contributed by atoms with Crippen LogP contribution in [0.4, 0.5) is 0 Å². The Morgan fingerprint density at radius 2 is 1.68 bits per heavy atom. The summed E-state index contributed by atoms with van der Waals surface area (Å²) in [5.74, 6) is 1.38. The molecule has 1 heterocycles. The van der Waals surface area contributed by atoms with Crippen molar-refractivity contribution < 1.29 is 19.0 Å². The molecule has 0 N–H and O–H groups in total. The average molecular weight is 381 g/mol. The third-order valence-corrected chi connectivity index (χ3v) is 4.36. The number of para-hydroxylation sites is 2. The number of hydrogen-bond acceptors (Lipinski definition) is 5. The normalized spacial score (nSPS) is 10.4. The fourth-order valence-corrected chi connectivity index (χ4v) is 2.95. The number of nitrogens with zero attached hydrogens (tertiary/aromatic N) is 3. The molecule has 0 fully saturated rings. The molecule has 7 heteroatoms.